The summed E-state index contributed by atoms with van der Waals surface area (Å²) in [6, 6.07) is 5.66. The zero-order valence-electron chi connectivity index (χ0n) is 12.6. The molecule has 6 nitrogen and oxygen atoms in total. The maximum absolute atomic E-state index is 12.2. The van der Waals surface area contributed by atoms with E-state index in [2.05, 4.69) is 5.32 Å². The van der Waals surface area contributed by atoms with Crippen LogP contribution in [0.3, 0.4) is 0 Å². The molecule has 1 aromatic rings. The minimum absolute atomic E-state index is 0.231. The number of hydrogen-bond acceptors (Lipinski definition) is 5. The van der Waals surface area contributed by atoms with Crippen LogP contribution in [0.5, 0.6) is 11.5 Å². The van der Waals surface area contributed by atoms with Crippen molar-refractivity contribution in [3.8, 4) is 11.5 Å². The summed E-state index contributed by atoms with van der Waals surface area (Å²) in [5.74, 6) is -1.26. The van der Waals surface area contributed by atoms with Crippen LogP contribution in [-0.2, 0) is 16.0 Å². The van der Waals surface area contributed by atoms with Crippen LogP contribution in [0.1, 0.15) is 18.4 Å². The first-order valence-corrected chi connectivity index (χ1v) is 7.67. The van der Waals surface area contributed by atoms with Crippen LogP contribution in [0.15, 0.2) is 30.4 Å². The van der Waals surface area contributed by atoms with Crippen LogP contribution < -0.4 is 19.9 Å². The van der Waals surface area contributed by atoms with Gasteiger partial charge >= 0.3 is 0 Å². The van der Waals surface area contributed by atoms with Gasteiger partial charge in [0.1, 0.15) is 0 Å². The lowest BCUT2D eigenvalue weighted by molar-refractivity contribution is -0.313. The fraction of sp³-hybridized carbons (Fsp3) is 0.412. The van der Waals surface area contributed by atoms with E-state index >= 15 is 0 Å². The highest BCUT2D eigenvalue weighted by Gasteiger charge is 2.29. The van der Waals surface area contributed by atoms with Gasteiger partial charge in [0.2, 0.25) is 12.7 Å². The average Bonchev–Trinajstić information content (AvgIpc) is 3.02. The van der Waals surface area contributed by atoms with Gasteiger partial charge in [-0.25, -0.2) is 0 Å². The number of carbonyl (C=O) groups is 2. The Kier molecular flexibility index (Phi) is 4.50. The third-order valence-corrected chi connectivity index (χ3v) is 4.22. The van der Waals surface area contributed by atoms with Gasteiger partial charge in [-0.05, 0) is 37.0 Å². The molecule has 2 atom stereocenters. The first kappa shape index (κ1) is 15.4. The highest BCUT2D eigenvalue weighted by atomic mass is 16.7. The molecule has 1 N–H and O–H groups in total. The van der Waals surface area contributed by atoms with Gasteiger partial charge in [0.15, 0.2) is 11.5 Å². The Hall–Kier alpha value is -2.50. The molecule has 3 rings (SSSR count). The molecule has 1 aromatic carbocycles. The van der Waals surface area contributed by atoms with Crippen LogP contribution in [0.2, 0.25) is 0 Å². The molecule has 6 heteroatoms. The summed E-state index contributed by atoms with van der Waals surface area (Å²) in [4.78, 5) is 23.3. The minimum Gasteiger partial charge on any atom is -0.550 e. The van der Waals surface area contributed by atoms with Crippen LogP contribution in [0.4, 0.5) is 0 Å². The van der Waals surface area contributed by atoms with Gasteiger partial charge in [-0.1, -0.05) is 18.2 Å². The third-order valence-electron chi connectivity index (χ3n) is 4.22. The molecule has 0 spiro atoms. The van der Waals surface area contributed by atoms with Crippen molar-refractivity contribution in [1.82, 2.24) is 5.32 Å². The van der Waals surface area contributed by atoms with Crippen molar-refractivity contribution in [3.63, 3.8) is 0 Å². The monoisotopic (exact) mass is 316 g/mol. The number of aliphatic carboxylic acids is 1. The molecule has 0 saturated carbocycles. The second kappa shape index (κ2) is 6.73. The number of allylic oxidation sites excluding steroid dienone is 2. The maximum Gasteiger partial charge on any atom is 0.231 e. The topological polar surface area (TPSA) is 87.7 Å². The summed E-state index contributed by atoms with van der Waals surface area (Å²) < 4.78 is 10.6. The Balaban J connectivity index is 1.53. The van der Waals surface area contributed by atoms with Gasteiger partial charge in [-0.2, -0.15) is 0 Å². The zero-order valence-corrected chi connectivity index (χ0v) is 12.6. The predicted molar refractivity (Wildman–Crippen MR) is 79.6 cm³/mol. The second-order valence-corrected chi connectivity index (χ2v) is 5.70. The normalized spacial score (nSPS) is 21.9. The van der Waals surface area contributed by atoms with Crippen molar-refractivity contribution in [3.05, 3.63) is 35.9 Å². The zero-order chi connectivity index (χ0) is 16.2. The molecule has 1 amide bonds. The van der Waals surface area contributed by atoms with Crippen molar-refractivity contribution in [2.75, 3.05) is 13.3 Å². The van der Waals surface area contributed by atoms with E-state index in [0.29, 0.717) is 31.6 Å². The molecular formula is C17H18NO5-. The first-order chi connectivity index (χ1) is 11.1. The van der Waals surface area contributed by atoms with Crippen molar-refractivity contribution >= 4 is 11.9 Å². The van der Waals surface area contributed by atoms with Gasteiger partial charge in [0.25, 0.3) is 0 Å². The number of rotatable bonds is 5. The summed E-state index contributed by atoms with van der Waals surface area (Å²) in [6.07, 6.45) is 5.07. The predicted octanol–water partition coefficient (Wildman–Crippen LogP) is 0.406. The van der Waals surface area contributed by atoms with Gasteiger partial charge in [-0.3, -0.25) is 4.79 Å². The van der Waals surface area contributed by atoms with E-state index in [0.717, 1.165) is 11.3 Å². The molecule has 0 fully saturated rings. The van der Waals surface area contributed by atoms with Gasteiger partial charge < -0.3 is 24.7 Å². The Morgan fingerprint density at radius 1 is 1.13 bits per heavy atom. The lowest BCUT2D eigenvalue weighted by atomic mass is 9.82. The molecule has 0 bridgehead atoms. The number of nitrogens with one attached hydrogen (secondary N) is 1. The Morgan fingerprint density at radius 3 is 2.65 bits per heavy atom. The number of hydrogen-bond donors (Lipinski definition) is 1. The van der Waals surface area contributed by atoms with Crippen molar-refractivity contribution in [1.29, 1.82) is 0 Å². The van der Waals surface area contributed by atoms with Crippen LogP contribution in [-0.4, -0.2) is 25.2 Å². The standard InChI is InChI=1S/C17H19NO5/c19-16(12-3-1-2-4-13(12)17(20)21)18-8-7-11-5-6-14-15(9-11)23-10-22-14/h1-2,5-6,9,12-13H,3-4,7-8,10H2,(H,18,19)(H,20,21)/p-1/t12-,13+/m1/s1. The number of carboxylic acids is 1. The lowest BCUT2D eigenvalue weighted by Crippen LogP contribution is -2.44. The highest BCUT2D eigenvalue weighted by molar-refractivity contribution is 5.84. The van der Waals surface area contributed by atoms with E-state index in [4.69, 9.17) is 9.47 Å². The molecule has 1 aliphatic carbocycles. The van der Waals surface area contributed by atoms with Crippen LogP contribution in [0, 0.1) is 11.8 Å². The maximum atomic E-state index is 12.2. The largest absolute Gasteiger partial charge is 0.550 e. The van der Waals surface area contributed by atoms with Crippen molar-refractivity contribution < 1.29 is 24.2 Å². The quantitative estimate of drug-likeness (QED) is 0.795. The fourth-order valence-corrected chi connectivity index (χ4v) is 2.92. The molecule has 23 heavy (non-hydrogen) atoms. The van der Waals surface area contributed by atoms with Gasteiger partial charge in [0, 0.05) is 24.3 Å². The fourth-order valence-electron chi connectivity index (χ4n) is 2.92. The first-order valence-electron chi connectivity index (χ1n) is 7.67. The number of benzene rings is 1. The Morgan fingerprint density at radius 2 is 1.87 bits per heavy atom. The number of carbonyl (C=O) groups excluding carboxylic acids is 2. The second-order valence-electron chi connectivity index (χ2n) is 5.70. The molecule has 0 unspecified atom stereocenters. The van der Waals surface area contributed by atoms with Gasteiger partial charge in [-0.15, -0.1) is 0 Å². The smallest absolute Gasteiger partial charge is 0.231 e. The molecule has 0 aromatic heterocycles. The van der Waals surface area contributed by atoms with E-state index in [9.17, 15) is 14.7 Å². The van der Waals surface area contributed by atoms with Crippen molar-refractivity contribution in [2.24, 2.45) is 11.8 Å². The summed E-state index contributed by atoms with van der Waals surface area (Å²) in [5.41, 5.74) is 1.02. The van der Waals surface area contributed by atoms with E-state index in [1.54, 1.807) is 6.08 Å². The summed E-state index contributed by atoms with van der Waals surface area (Å²) in [6.45, 7) is 0.674. The Labute approximate surface area is 134 Å². The summed E-state index contributed by atoms with van der Waals surface area (Å²) in [5, 5.41) is 13.9. The Bertz CT molecular complexity index is 640. The molecule has 0 radical (unpaired) electrons. The molecule has 2 aliphatic rings. The SMILES string of the molecule is O=C([O-])[C@H]1CC=CC[C@H]1C(=O)NCCc1ccc2c(c1)OCO2. The van der Waals surface area contributed by atoms with Crippen molar-refractivity contribution in [2.45, 2.75) is 19.3 Å². The van der Waals surface area contributed by atoms with Gasteiger partial charge in [0.05, 0.1) is 0 Å². The molecule has 1 aliphatic heterocycles. The summed E-state index contributed by atoms with van der Waals surface area (Å²) in [7, 11) is 0. The third kappa shape index (κ3) is 3.47. The molecule has 122 valence electrons. The minimum atomic E-state index is -1.16. The number of ether oxygens (including phenoxy) is 2. The number of carboxylic acid groups (broad SMARTS) is 1. The van der Waals surface area contributed by atoms with Crippen LogP contribution >= 0.6 is 0 Å². The van der Waals surface area contributed by atoms with E-state index < -0.39 is 17.8 Å². The number of amides is 1. The molecule has 0 saturated heterocycles. The van der Waals surface area contributed by atoms with E-state index in [-0.39, 0.29) is 12.7 Å². The lowest BCUT2D eigenvalue weighted by Gasteiger charge is -2.28. The molecule has 1 heterocycles. The summed E-state index contributed by atoms with van der Waals surface area (Å²) >= 11 is 0. The highest BCUT2D eigenvalue weighted by Crippen LogP contribution is 2.32. The molecular weight excluding hydrogens is 298 g/mol. The van der Waals surface area contributed by atoms with Crippen LogP contribution in [0.25, 0.3) is 0 Å². The van der Waals surface area contributed by atoms with E-state index in [1.807, 2.05) is 24.3 Å². The van der Waals surface area contributed by atoms with E-state index in [1.165, 1.54) is 0 Å². The average molecular weight is 316 g/mol. The number of fused-ring (bicyclic) bond motifs is 1.